The van der Waals surface area contributed by atoms with Gasteiger partial charge in [-0.05, 0) is 59.7 Å². The Balaban J connectivity index is 2.23. The van der Waals surface area contributed by atoms with Gasteiger partial charge in [-0.15, -0.1) is 0 Å². The molecule has 0 spiro atoms. The van der Waals surface area contributed by atoms with Gasteiger partial charge in [0.25, 0.3) is 0 Å². The molecule has 2 amide bonds. The molecule has 28 heavy (non-hydrogen) atoms. The van der Waals surface area contributed by atoms with Crippen molar-refractivity contribution in [3.05, 3.63) is 40.9 Å². The Morgan fingerprint density at radius 1 is 1.25 bits per heavy atom. The summed E-state index contributed by atoms with van der Waals surface area (Å²) in [6, 6.07) is 5.01. The molecule has 2 aromatic rings. The van der Waals surface area contributed by atoms with Crippen LogP contribution in [-0.2, 0) is 10.3 Å². The van der Waals surface area contributed by atoms with Gasteiger partial charge in [0.05, 0.1) is 22.6 Å². The maximum Gasteiger partial charge on any atom is 0.359 e. The third kappa shape index (κ3) is 3.35. The number of urea groups is 1. The zero-order chi connectivity index (χ0) is 20.9. The standard InChI is InChI=1S/C20H25ClN4O3/c1-7-22-18(27)25-14-10-12(21)8-9-13(14)24-11-23-15(16(24)20(25,5)6)17(26)28-19(2,3)4/h8-11H,7H2,1-6H3,(H,22,27). The second-order valence-corrected chi connectivity index (χ2v) is 8.61. The first kappa shape index (κ1) is 20.2. The molecule has 2 heterocycles. The van der Waals surface area contributed by atoms with Gasteiger partial charge in [-0.3, -0.25) is 9.47 Å². The summed E-state index contributed by atoms with van der Waals surface area (Å²) in [6.45, 7) is 11.5. The molecule has 0 fully saturated rings. The summed E-state index contributed by atoms with van der Waals surface area (Å²) in [5.74, 6) is -0.525. The third-order valence-corrected chi connectivity index (χ3v) is 4.70. The average molecular weight is 405 g/mol. The van der Waals surface area contributed by atoms with Gasteiger partial charge >= 0.3 is 12.0 Å². The number of aromatic nitrogens is 2. The monoisotopic (exact) mass is 404 g/mol. The summed E-state index contributed by atoms with van der Waals surface area (Å²) in [6.07, 6.45) is 1.58. The van der Waals surface area contributed by atoms with E-state index in [4.69, 9.17) is 16.3 Å². The van der Waals surface area contributed by atoms with Crippen molar-refractivity contribution in [2.75, 3.05) is 11.4 Å². The number of hydrogen-bond donors (Lipinski definition) is 1. The molecule has 0 unspecified atom stereocenters. The minimum absolute atomic E-state index is 0.190. The van der Waals surface area contributed by atoms with Gasteiger partial charge in [-0.25, -0.2) is 14.6 Å². The third-order valence-electron chi connectivity index (χ3n) is 4.47. The van der Waals surface area contributed by atoms with E-state index in [0.29, 0.717) is 28.6 Å². The number of hydrogen-bond acceptors (Lipinski definition) is 4. The second-order valence-electron chi connectivity index (χ2n) is 8.18. The van der Waals surface area contributed by atoms with Crippen LogP contribution in [0.25, 0.3) is 5.69 Å². The maximum absolute atomic E-state index is 13.0. The van der Waals surface area contributed by atoms with Gasteiger partial charge in [0.1, 0.15) is 11.9 Å². The Labute approximate surface area is 169 Å². The van der Waals surface area contributed by atoms with E-state index in [0.717, 1.165) is 0 Å². The van der Waals surface area contributed by atoms with Crippen molar-refractivity contribution in [3.8, 4) is 5.69 Å². The van der Waals surface area contributed by atoms with Crippen molar-refractivity contribution in [2.45, 2.75) is 52.7 Å². The van der Waals surface area contributed by atoms with Crippen LogP contribution in [0.3, 0.4) is 0 Å². The Kier molecular flexibility index (Phi) is 4.91. The van der Waals surface area contributed by atoms with Crippen LogP contribution in [0.1, 0.15) is 57.7 Å². The van der Waals surface area contributed by atoms with Crippen molar-refractivity contribution >= 4 is 29.3 Å². The van der Waals surface area contributed by atoms with E-state index in [1.54, 1.807) is 44.1 Å². The second kappa shape index (κ2) is 6.81. The van der Waals surface area contributed by atoms with Gasteiger partial charge in [-0.1, -0.05) is 11.6 Å². The molecule has 3 rings (SSSR count). The fourth-order valence-electron chi connectivity index (χ4n) is 3.47. The summed E-state index contributed by atoms with van der Waals surface area (Å²) in [7, 11) is 0. The quantitative estimate of drug-likeness (QED) is 0.758. The van der Waals surface area contributed by atoms with E-state index < -0.39 is 17.1 Å². The Hall–Kier alpha value is -2.54. The number of anilines is 1. The van der Waals surface area contributed by atoms with Crippen molar-refractivity contribution in [2.24, 2.45) is 0 Å². The largest absolute Gasteiger partial charge is 0.455 e. The summed E-state index contributed by atoms with van der Waals surface area (Å²) in [4.78, 5) is 31.7. The van der Waals surface area contributed by atoms with Crippen LogP contribution in [0, 0.1) is 0 Å². The highest BCUT2D eigenvalue weighted by atomic mass is 35.5. The van der Waals surface area contributed by atoms with Gasteiger partial charge < -0.3 is 10.1 Å². The molecule has 0 bridgehead atoms. The number of ether oxygens (including phenoxy) is 1. The average Bonchev–Trinajstić information content (AvgIpc) is 2.99. The lowest BCUT2D eigenvalue weighted by molar-refractivity contribution is 0.00601. The fourth-order valence-corrected chi connectivity index (χ4v) is 3.64. The molecule has 1 aromatic carbocycles. The number of imidazole rings is 1. The van der Waals surface area contributed by atoms with Gasteiger partial charge in [0.2, 0.25) is 0 Å². The molecule has 0 aliphatic carbocycles. The topological polar surface area (TPSA) is 76.5 Å². The number of halogens is 1. The van der Waals surface area contributed by atoms with Crippen LogP contribution in [0.2, 0.25) is 5.02 Å². The summed E-state index contributed by atoms with van der Waals surface area (Å²) >= 11 is 6.21. The number of rotatable bonds is 2. The number of amides is 2. The van der Waals surface area contributed by atoms with Crippen LogP contribution >= 0.6 is 11.6 Å². The van der Waals surface area contributed by atoms with Gasteiger partial charge in [0, 0.05) is 11.6 Å². The van der Waals surface area contributed by atoms with Crippen LogP contribution in [-0.4, -0.2) is 33.7 Å². The smallest absolute Gasteiger partial charge is 0.359 e. The van der Waals surface area contributed by atoms with E-state index >= 15 is 0 Å². The molecule has 0 saturated heterocycles. The van der Waals surface area contributed by atoms with Crippen molar-refractivity contribution in [3.63, 3.8) is 0 Å². The molecular formula is C20H25ClN4O3. The first-order valence-electron chi connectivity index (χ1n) is 9.16. The minimum Gasteiger partial charge on any atom is -0.455 e. The molecule has 7 nitrogen and oxygen atoms in total. The first-order chi connectivity index (χ1) is 13.0. The van der Waals surface area contributed by atoms with Crippen molar-refractivity contribution < 1.29 is 14.3 Å². The predicted octanol–water partition coefficient (Wildman–Crippen LogP) is 4.27. The Morgan fingerprint density at radius 2 is 1.93 bits per heavy atom. The number of carbonyl (C=O) groups excluding carboxylic acids is 2. The lowest BCUT2D eigenvalue weighted by Crippen LogP contribution is -2.54. The minimum atomic E-state index is -0.875. The summed E-state index contributed by atoms with van der Waals surface area (Å²) in [5.41, 5.74) is 0.602. The van der Waals surface area contributed by atoms with E-state index in [1.165, 1.54) is 0 Å². The van der Waals surface area contributed by atoms with Gasteiger partial charge in [-0.2, -0.15) is 0 Å². The highest BCUT2D eigenvalue weighted by Crippen LogP contribution is 2.44. The normalized spacial score (nSPS) is 14.9. The molecule has 0 atom stereocenters. The molecule has 150 valence electrons. The zero-order valence-electron chi connectivity index (χ0n) is 17.0. The summed E-state index contributed by atoms with van der Waals surface area (Å²) in [5, 5.41) is 3.35. The predicted molar refractivity (Wildman–Crippen MR) is 108 cm³/mol. The number of carbonyl (C=O) groups is 2. The van der Waals surface area contributed by atoms with E-state index in [-0.39, 0.29) is 11.7 Å². The number of nitrogens with zero attached hydrogens (tertiary/aromatic N) is 3. The number of esters is 1. The highest BCUT2D eigenvalue weighted by Gasteiger charge is 2.45. The van der Waals surface area contributed by atoms with E-state index in [9.17, 15) is 9.59 Å². The molecule has 0 saturated carbocycles. The van der Waals surface area contributed by atoms with Crippen molar-refractivity contribution in [1.29, 1.82) is 0 Å². The van der Waals surface area contributed by atoms with Crippen LogP contribution < -0.4 is 10.2 Å². The van der Waals surface area contributed by atoms with Crippen LogP contribution in [0.15, 0.2) is 24.5 Å². The molecule has 0 radical (unpaired) electrons. The number of benzene rings is 1. The molecule has 1 aliphatic rings. The number of nitrogens with one attached hydrogen (secondary N) is 1. The van der Waals surface area contributed by atoms with Crippen LogP contribution in [0.4, 0.5) is 10.5 Å². The lowest BCUT2D eigenvalue weighted by atomic mass is 9.92. The molecule has 1 aliphatic heterocycles. The number of fused-ring (bicyclic) bond motifs is 3. The zero-order valence-corrected chi connectivity index (χ0v) is 17.7. The fraction of sp³-hybridized carbons (Fsp3) is 0.450. The molecule has 8 heteroatoms. The van der Waals surface area contributed by atoms with E-state index in [2.05, 4.69) is 10.3 Å². The van der Waals surface area contributed by atoms with Crippen LogP contribution in [0.5, 0.6) is 0 Å². The van der Waals surface area contributed by atoms with E-state index in [1.807, 2.05) is 31.4 Å². The molecule has 1 N–H and O–H groups in total. The molecule has 1 aromatic heterocycles. The first-order valence-corrected chi connectivity index (χ1v) is 9.54. The summed E-state index contributed by atoms with van der Waals surface area (Å²) < 4.78 is 7.36. The highest BCUT2D eigenvalue weighted by molar-refractivity contribution is 6.31. The molecular weight excluding hydrogens is 380 g/mol. The maximum atomic E-state index is 13.0. The SMILES string of the molecule is CCNC(=O)N1c2cc(Cl)ccc2-n2cnc(C(=O)OC(C)(C)C)c2C1(C)C. The Bertz CT molecular complexity index is 943. The van der Waals surface area contributed by atoms with Crippen molar-refractivity contribution in [1.82, 2.24) is 14.9 Å². The van der Waals surface area contributed by atoms with Gasteiger partial charge in [0.15, 0.2) is 5.69 Å². The Morgan fingerprint density at radius 3 is 2.54 bits per heavy atom. The lowest BCUT2D eigenvalue weighted by Gasteiger charge is -2.43.